The molecule has 0 bridgehead atoms. The number of likely N-dealkylation sites (N-methyl/N-ethyl adjacent to an activating group) is 1. The summed E-state index contributed by atoms with van der Waals surface area (Å²) in [5.74, 6) is 1.38. The van der Waals surface area contributed by atoms with Gasteiger partial charge in [-0.1, -0.05) is 19.1 Å². The van der Waals surface area contributed by atoms with Crippen molar-refractivity contribution in [1.29, 1.82) is 0 Å². The Morgan fingerprint density at radius 3 is 3.00 bits per heavy atom. The van der Waals surface area contributed by atoms with Crippen LogP contribution in [-0.4, -0.2) is 56.9 Å². The lowest BCUT2D eigenvalue weighted by Crippen LogP contribution is -2.42. The number of ether oxygens (including phenoxy) is 2. The third-order valence-electron chi connectivity index (χ3n) is 4.82. The van der Waals surface area contributed by atoms with Crippen LogP contribution in [0.2, 0.25) is 0 Å². The average Bonchev–Trinajstić information content (AvgIpc) is 3.10. The van der Waals surface area contributed by atoms with Crippen molar-refractivity contribution in [1.82, 2.24) is 10.2 Å². The average molecular weight is 363 g/mol. The molecule has 0 radical (unpaired) electrons. The van der Waals surface area contributed by atoms with Gasteiger partial charge in [0.05, 0.1) is 13.2 Å². The lowest BCUT2D eigenvalue weighted by atomic mass is 10.1. The van der Waals surface area contributed by atoms with Gasteiger partial charge in [0, 0.05) is 38.3 Å². The summed E-state index contributed by atoms with van der Waals surface area (Å²) in [5, 5.41) is 3.28. The number of nitrogens with two attached hydrogens (primary N) is 1. The van der Waals surface area contributed by atoms with Gasteiger partial charge in [-0.05, 0) is 44.5 Å². The molecule has 1 heterocycles. The molecule has 6 nitrogen and oxygen atoms in total. The second kappa shape index (κ2) is 11.0. The molecule has 0 saturated carbocycles. The Morgan fingerprint density at radius 2 is 2.23 bits per heavy atom. The first-order chi connectivity index (χ1) is 12.6. The lowest BCUT2D eigenvalue weighted by Gasteiger charge is -2.23. The zero-order valence-corrected chi connectivity index (χ0v) is 16.5. The molecule has 146 valence electrons. The monoisotopic (exact) mass is 362 g/mol. The molecule has 1 aromatic rings. The van der Waals surface area contributed by atoms with Crippen LogP contribution >= 0.6 is 0 Å². The van der Waals surface area contributed by atoms with Gasteiger partial charge in [-0.25, -0.2) is 4.99 Å². The zero-order chi connectivity index (χ0) is 18.8. The third-order valence-corrected chi connectivity index (χ3v) is 4.82. The number of nitrogens with one attached hydrogen (secondary N) is 1. The molecular formula is C20H34N4O2. The molecule has 1 aromatic carbocycles. The number of hydrogen-bond acceptors (Lipinski definition) is 4. The second-order valence-electron chi connectivity index (χ2n) is 6.81. The van der Waals surface area contributed by atoms with Crippen molar-refractivity contribution in [3.63, 3.8) is 0 Å². The number of aryl methyl sites for hydroxylation is 1. The number of rotatable bonds is 10. The maximum Gasteiger partial charge on any atom is 0.188 e. The highest BCUT2D eigenvalue weighted by Crippen LogP contribution is 2.21. The largest absolute Gasteiger partial charge is 0.493 e. The third kappa shape index (κ3) is 6.50. The standard InChI is InChI=1S/C20H34N4O2/c1-4-24-10-5-7-18(24)15-23-20(21)22-14-17-9-8-16(2)13-19(17)26-12-6-11-25-3/h8-9,13,18H,4-7,10-12,14-15H2,1-3H3,(H3,21,22,23). The van der Waals surface area contributed by atoms with Crippen molar-refractivity contribution in [3.8, 4) is 5.75 Å². The molecule has 2 rings (SSSR count). The summed E-state index contributed by atoms with van der Waals surface area (Å²) in [6.45, 7) is 9.26. The van der Waals surface area contributed by atoms with E-state index in [1.54, 1.807) is 7.11 Å². The minimum atomic E-state index is 0.499. The van der Waals surface area contributed by atoms with E-state index in [2.05, 4.69) is 47.3 Å². The van der Waals surface area contributed by atoms with Gasteiger partial charge in [0.1, 0.15) is 5.75 Å². The highest BCUT2D eigenvalue weighted by Gasteiger charge is 2.22. The number of likely N-dealkylation sites (tertiary alicyclic amines) is 1. The minimum absolute atomic E-state index is 0.499. The Morgan fingerprint density at radius 1 is 1.38 bits per heavy atom. The summed E-state index contributed by atoms with van der Waals surface area (Å²) in [7, 11) is 1.70. The summed E-state index contributed by atoms with van der Waals surface area (Å²) in [4.78, 5) is 6.99. The van der Waals surface area contributed by atoms with Crippen molar-refractivity contribution in [2.45, 2.75) is 45.7 Å². The maximum atomic E-state index is 6.07. The van der Waals surface area contributed by atoms with Gasteiger partial charge in [0.25, 0.3) is 0 Å². The van der Waals surface area contributed by atoms with E-state index in [0.29, 0.717) is 31.8 Å². The van der Waals surface area contributed by atoms with Gasteiger partial charge in [-0.2, -0.15) is 0 Å². The summed E-state index contributed by atoms with van der Waals surface area (Å²) >= 11 is 0. The Kier molecular flexibility index (Phi) is 8.71. The van der Waals surface area contributed by atoms with Crippen LogP contribution in [0.25, 0.3) is 0 Å². The van der Waals surface area contributed by atoms with Gasteiger partial charge in [-0.3, -0.25) is 4.90 Å². The van der Waals surface area contributed by atoms with E-state index in [1.807, 2.05) is 0 Å². The lowest BCUT2D eigenvalue weighted by molar-refractivity contribution is 0.172. The smallest absolute Gasteiger partial charge is 0.188 e. The van der Waals surface area contributed by atoms with E-state index in [4.69, 9.17) is 15.2 Å². The Balaban J connectivity index is 1.87. The van der Waals surface area contributed by atoms with Gasteiger partial charge in [-0.15, -0.1) is 0 Å². The van der Waals surface area contributed by atoms with E-state index in [-0.39, 0.29) is 0 Å². The molecule has 1 fully saturated rings. The zero-order valence-electron chi connectivity index (χ0n) is 16.5. The molecule has 1 aliphatic heterocycles. The molecule has 26 heavy (non-hydrogen) atoms. The number of guanidine groups is 1. The van der Waals surface area contributed by atoms with Crippen LogP contribution in [0.3, 0.4) is 0 Å². The van der Waals surface area contributed by atoms with Crippen molar-refractivity contribution in [3.05, 3.63) is 29.3 Å². The molecule has 3 N–H and O–H groups in total. The van der Waals surface area contributed by atoms with Crippen molar-refractivity contribution in [2.24, 2.45) is 10.7 Å². The molecule has 6 heteroatoms. The first kappa shape index (κ1) is 20.5. The Bertz CT molecular complexity index is 577. The summed E-state index contributed by atoms with van der Waals surface area (Å²) < 4.78 is 11.0. The van der Waals surface area contributed by atoms with Crippen LogP contribution in [0.4, 0.5) is 0 Å². The minimum Gasteiger partial charge on any atom is -0.493 e. The van der Waals surface area contributed by atoms with E-state index < -0.39 is 0 Å². The Labute approximate surface area is 157 Å². The number of benzene rings is 1. The highest BCUT2D eigenvalue weighted by molar-refractivity contribution is 5.77. The fourth-order valence-corrected chi connectivity index (χ4v) is 3.30. The normalized spacial score (nSPS) is 18.3. The van der Waals surface area contributed by atoms with E-state index in [1.165, 1.54) is 24.9 Å². The van der Waals surface area contributed by atoms with Crippen LogP contribution in [0, 0.1) is 6.92 Å². The number of methoxy groups -OCH3 is 1. The quantitative estimate of drug-likeness (QED) is 0.380. The second-order valence-corrected chi connectivity index (χ2v) is 6.81. The van der Waals surface area contributed by atoms with Crippen molar-refractivity contribution in [2.75, 3.05) is 40.0 Å². The van der Waals surface area contributed by atoms with Crippen LogP contribution < -0.4 is 15.8 Å². The van der Waals surface area contributed by atoms with Gasteiger partial charge >= 0.3 is 0 Å². The molecule has 1 atom stereocenters. The summed E-state index contributed by atoms with van der Waals surface area (Å²) in [5.41, 5.74) is 8.29. The van der Waals surface area contributed by atoms with Crippen molar-refractivity contribution >= 4 is 5.96 Å². The molecule has 0 aromatic heterocycles. The summed E-state index contributed by atoms with van der Waals surface area (Å²) in [6.07, 6.45) is 3.36. The molecule has 0 spiro atoms. The van der Waals surface area contributed by atoms with E-state index in [0.717, 1.165) is 30.8 Å². The van der Waals surface area contributed by atoms with E-state index in [9.17, 15) is 0 Å². The number of hydrogen-bond donors (Lipinski definition) is 2. The molecule has 1 aliphatic rings. The molecule has 1 saturated heterocycles. The van der Waals surface area contributed by atoms with Gasteiger partial charge < -0.3 is 20.5 Å². The van der Waals surface area contributed by atoms with Crippen LogP contribution in [0.5, 0.6) is 5.75 Å². The topological polar surface area (TPSA) is 72.1 Å². The van der Waals surface area contributed by atoms with Gasteiger partial charge in [0.2, 0.25) is 0 Å². The van der Waals surface area contributed by atoms with Gasteiger partial charge in [0.15, 0.2) is 5.96 Å². The maximum absolute atomic E-state index is 6.07. The fourth-order valence-electron chi connectivity index (χ4n) is 3.30. The molecular weight excluding hydrogens is 328 g/mol. The predicted molar refractivity (Wildman–Crippen MR) is 107 cm³/mol. The fraction of sp³-hybridized carbons (Fsp3) is 0.650. The molecule has 1 unspecified atom stereocenters. The summed E-state index contributed by atoms with van der Waals surface area (Å²) in [6, 6.07) is 6.76. The highest BCUT2D eigenvalue weighted by atomic mass is 16.5. The first-order valence-corrected chi connectivity index (χ1v) is 9.63. The number of nitrogens with zero attached hydrogens (tertiary/aromatic N) is 2. The molecule has 0 amide bonds. The molecule has 0 aliphatic carbocycles. The van der Waals surface area contributed by atoms with Crippen molar-refractivity contribution < 1.29 is 9.47 Å². The SMILES string of the molecule is CCN1CCCC1CNC(N)=NCc1ccc(C)cc1OCCCOC. The number of aliphatic imine (C=N–C) groups is 1. The van der Waals surface area contributed by atoms with E-state index >= 15 is 0 Å². The van der Waals surface area contributed by atoms with Crippen LogP contribution in [0.1, 0.15) is 37.3 Å². The van der Waals surface area contributed by atoms with Crippen LogP contribution in [0.15, 0.2) is 23.2 Å². The predicted octanol–water partition coefficient (Wildman–Crippen LogP) is 2.30. The van der Waals surface area contributed by atoms with Crippen LogP contribution in [-0.2, 0) is 11.3 Å². The first-order valence-electron chi connectivity index (χ1n) is 9.63. The Hall–Kier alpha value is -1.79.